The van der Waals surface area contributed by atoms with Crippen LogP contribution in [0.4, 0.5) is 0 Å². The van der Waals surface area contributed by atoms with Crippen molar-refractivity contribution in [1.29, 1.82) is 0 Å². The first-order valence-electron chi connectivity index (χ1n) is 8.98. The summed E-state index contributed by atoms with van der Waals surface area (Å²) in [6.45, 7) is 3.66. The minimum atomic E-state index is -0.934. The predicted octanol–water partition coefficient (Wildman–Crippen LogP) is 3.73. The zero-order valence-electron chi connectivity index (χ0n) is 16.7. The van der Waals surface area contributed by atoms with Crippen LogP contribution in [0.5, 0.6) is 5.75 Å². The highest BCUT2D eigenvalue weighted by molar-refractivity contribution is 6.50. The molecule has 3 aromatic rings. The van der Waals surface area contributed by atoms with E-state index in [-0.39, 0.29) is 5.57 Å². The second-order valence-electron chi connectivity index (χ2n) is 6.52. The van der Waals surface area contributed by atoms with Crippen molar-refractivity contribution in [1.82, 2.24) is 4.57 Å². The molecule has 0 aliphatic heterocycles. The largest absolute Gasteiger partial charge is 0.497 e. The number of ether oxygens (including phenoxy) is 2. The van der Waals surface area contributed by atoms with Crippen LogP contribution in [0.15, 0.2) is 54.1 Å². The van der Waals surface area contributed by atoms with Gasteiger partial charge >= 0.3 is 11.9 Å². The molecule has 0 fully saturated rings. The van der Waals surface area contributed by atoms with E-state index in [4.69, 9.17) is 9.47 Å². The Morgan fingerprint density at radius 3 is 2.21 bits per heavy atom. The molecule has 2 aromatic carbocycles. The highest BCUT2D eigenvalue weighted by Gasteiger charge is 2.29. The van der Waals surface area contributed by atoms with Crippen LogP contribution in [0.2, 0.25) is 0 Å². The molecule has 0 N–H and O–H groups in total. The third kappa shape index (κ3) is 3.69. The average Bonchev–Trinajstić information content (AvgIpc) is 3.01. The first-order valence-corrected chi connectivity index (χ1v) is 8.98. The van der Waals surface area contributed by atoms with Gasteiger partial charge in [0.1, 0.15) is 11.3 Å². The number of methoxy groups -OCH3 is 2. The number of ketones is 1. The van der Waals surface area contributed by atoms with Gasteiger partial charge < -0.3 is 9.47 Å². The van der Waals surface area contributed by atoms with Gasteiger partial charge in [-0.25, -0.2) is 4.79 Å². The van der Waals surface area contributed by atoms with Crippen LogP contribution in [0.1, 0.15) is 21.6 Å². The third-order valence-corrected chi connectivity index (χ3v) is 4.90. The van der Waals surface area contributed by atoms with Crippen molar-refractivity contribution >= 4 is 34.6 Å². The second kappa shape index (κ2) is 8.14. The zero-order chi connectivity index (χ0) is 21.1. The van der Waals surface area contributed by atoms with Gasteiger partial charge in [-0.2, -0.15) is 0 Å². The monoisotopic (exact) mass is 391 g/mol. The lowest BCUT2D eigenvalue weighted by molar-refractivity contribution is -0.137. The van der Waals surface area contributed by atoms with E-state index in [1.807, 2.05) is 19.1 Å². The highest BCUT2D eigenvalue weighted by atomic mass is 16.5. The molecule has 0 spiro atoms. The van der Waals surface area contributed by atoms with Crippen molar-refractivity contribution in [3.05, 3.63) is 70.9 Å². The van der Waals surface area contributed by atoms with Gasteiger partial charge in [0.25, 0.3) is 5.78 Å². The molecule has 0 atom stereocenters. The van der Waals surface area contributed by atoms with Gasteiger partial charge in [-0.05, 0) is 49.2 Å². The maximum atomic E-state index is 13.1. The molecule has 6 nitrogen and oxygen atoms in total. The van der Waals surface area contributed by atoms with Crippen molar-refractivity contribution in [2.45, 2.75) is 13.8 Å². The van der Waals surface area contributed by atoms with Crippen LogP contribution in [-0.2, 0) is 14.3 Å². The van der Waals surface area contributed by atoms with Crippen molar-refractivity contribution in [3.63, 3.8) is 0 Å². The summed E-state index contributed by atoms with van der Waals surface area (Å²) in [4.78, 5) is 38.4. The molecule has 0 bridgehead atoms. The summed E-state index contributed by atoms with van der Waals surface area (Å²) in [7, 11) is 2.71. The number of aryl methyl sites for hydroxylation is 1. The van der Waals surface area contributed by atoms with E-state index in [9.17, 15) is 14.4 Å². The zero-order valence-corrected chi connectivity index (χ0v) is 16.7. The lowest BCUT2D eigenvalue weighted by atomic mass is 10.1. The lowest BCUT2D eigenvalue weighted by Gasteiger charge is -2.09. The van der Waals surface area contributed by atoms with Gasteiger partial charge in [0.2, 0.25) is 0 Å². The Kier molecular flexibility index (Phi) is 5.64. The minimum Gasteiger partial charge on any atom is -0.497 e. The Balaban J connectivity index is 2.07. The molecule has 0 saturated carbocycles. The molecule has 3 rings (SSSR count). The van der Waals surface area contributed by atoms with Crippen LogP contribution >= 0.6 is 0 Å². The van der Waals surface area contributed by atoms with E-state index in [1.54, 1.807) is 50.4 Å². The molecule has 6 heteroatoms. The number of hydrogen-bond acceptors (Lipinski definition) is 5. The fraction of sp³-hybridized carbons (Fsp3) is 0.174. The molecule has 29 heavy (non-hydrogen) atoms. The number of fused-ring (bicyclic) bond motifs is 1. The van der Waals surface area contributed by atoms with Gasteiger partial charge in [-0.1, -0.05) is 30.3 Å². The molecule has 1 aromatic heterocycles. The number of carbonyl (C=O) groups excluding carboxylic acids is 3. The van der Waals surface area contributed by atoms with Gasteiger partial charge in [0, 0.05) is 11.1 Å². The van der Waals surface area contributed by atoms with Crippen LogP contribution < -0.4 is 4.74 Å². The van der Waals surface area contributed by atoms with Crippen molar-refractivity contribution < 1.29 is 23.9 Å². The SMILES string of the molecule is COC(=O)/C(=C\c1ccc(OC)cc1)C(=O)C(=O)n1c(C)c(C)c2ccccc21. The lowest BCUT2D eigenvalue weighted by Crippen LogP contribution is -2.28. The molecule has 0 unspecified atom stereocenters. The smallest absolute Gasteiger partial charge is 0.342 e. The number of para-hydroxylation sites is 1. The second-order valence-corrected chi connectivity index (χ2v) is 6.52. The Morgan fingerprint density at radius 1 is 0.931 bits per heavy atom. The summed E-state index contributed by atoms with van der Waals surface area (Å²) in [5, 5.41) is 0.880. The Bertz CT molecular complexity index is 1140. The predicted molar refractivity (Wildman–Crippen MR) is 110 cm³/mol. The standard InChI is InChI=1S/C23H21NO5/c1-14-15(2)24(20-8-6-5-7-18(14)20)22(26)21(25)19(23(27)29-4)13-16-9-11-17(28-3)12-10-16/h5-13H,1-4H3/b19-13-. The molecular weight excluding hydrogens is 370 g/mol. The summed E-state index contributed by atoms with van der Waals surface area (Å²) in [6, 6.07) is 14.1. The molecule has 1 heterocycles. The van der Waals surface area contributed by atoms with Gasteiger partial charge in [0.05, 0.1) is 19.7 Å². The van der Waals surface area contributed by atoms with E-state index in [0.717, 1.165) is 10.9 Å². The fourth-order valence-corrected chi connectivity index (χ4v) is 3.20. The first-order chi connectivity index (χ1) is 13.9. The quantitative estimate of drug-likeness (QED) is 0.218. The highest BCUT2D eigenvalue weighted by Crippen LogP contribution is 2.25. The number of Topliss-reactive ketones (excluding diaryl/α,β-unsaturated/α-hetero) is 1. The maximum Gasteiger partial charge on any atom is 0.342 e. The van der Waals surface area contributed by atoms with E-state index in [1.165, 1.54) is 17.8 Å². The van der Waals surface area contributed by atoms with Crippen LogP contribution in [0.3, 0.4) is 0 Å². The number of esters is 1. The summed E-state index contributed by atoms with van der Waals surface area (Å²) >= 11 is 0. The van der Waals surface area contributed by atoms with Crippen molar-refractivity contribution in [2.75, 3.05) is 14.2 Å². The van der Waals surface area contributed by atoms with E-state index in [2.05, 4.69) is 0 Å². The Hall–Kier alpha value is -3.67. The summed E-state index contributed by atoms with van der Waals surface area (Å²) in [5.74, 6) is -1.98. The summed E-state index contributed by atoms with van der Waals surface area (Å²) in [5.41, 5.74) is 2.41. The number of carbonyl (C=O) groups is 3. The van der Waals surface area contributed by atoms with Crippen LogP contribution in [-0.4, -0.2) is 36.4 Å². The van der Waals surface area contributed by atoms with Crippen LogP contribution in [0, 0.1) is 13.8 Å². The molecule has 0 saturated heterocycles. The third-order valence-electron chi connectivity index (χ3n) is 4.90. The number of benzene rings is 2. The molecule has 0 radical (unpaired) electrons. The first kappa shape index (κ1) is 20.1. The molecule has 0 aliphatic carbocycles. The fourth-order valence-electron chi connectivity index (χ4n) is 3.20. The molecule has 148 valence electrons. The van der Waals surface area contributed by atoms with Crippen LogP contribution in [0.25, 0.3) is 17.0 Å². The number of aromatic nitrogens is 1. The Labute approximate surface area is 168 Å². The van der Waals surface area contributed by atoms with E-state index in [0.29, 0.717) is 22.5 Å². The summed E-state index contributed by atoms with van der Waals surface area (Å²) in [6.07, 6.45) is 1.35. The Morgan fingerprint density at radius 2 is 1.59 bits per heavy atom. The van der Waals surface area contributed by atoms with Crippen molar-refractivity contribution in [3.8, 4) is 5.75 Å². The number of rotatable bonds is 5. The van der Waals surface area contributed by atoms with Gasteiger partial charge in [-0.3, -0.25) is 14.2 Å². The van der Waals surface area contributed by atoms with Crippen molar-refractivity contribution in [2.24, 2.45) is 0 Å². The molecule has 0 aliphatic rings. The minimum absolute atomic E-state index is 0.336. The topological polar surface area (TPSA) is 74.6 Å². The molecule has 0 amide bonds. The number of hydrogen-bond donors (Lipinski definition) is 0. The van der Waals surface area contributed by atoms with Gasteiger partial charge in [-0.15, -0.1) is 0 Å². The van der Waals surface area contributed by atoms with E-state index >= 15 is 0 Å². The molecular formula is C23H21NO5. The summed E-state index contributed by atoms with van der Waals surface area (Å²) < 4.78 is 11.2. The average molecular weight is 391 g/mol. The van der Waals surface area contributed by atoms with E-state index < -0.39 is 17.7 Å². The number of nitrogens with zero attached hydrogens (tertiary/aromatic N) is 1. The normalized spacial score (nSPS) is 11.4. The maximum absolute atomic E-state index is 13.1. The van der Waals surface area contributed by atoms with Gasteiger partial charge in [0.15, 0.2) is 0 Å².